The predicted molar refractivity (Wildman–Crippen MR) is 96.3 cm³/mol. The van der Waals surface area contributed by atoms with Crippen LogP contribution in [0.15, 0.2) is 59.5 Å². The first-order valence-electron chi connectivity index (χ1n) is 7.30. The highest BCUT2D eigenvalue weighted by molar-refractivity contribution is 7.89. The molecule has 1 unspecified atom stereocenters. The first kappa shape index (κ1) is 19.6. The first-order valence-corrected chi connectivity index (χ1v) is 8.78. The maximum Gasteiger partial charge on any atom is 0.240 e. The van der Waals surface area contributed by atoms with Crippen molar-refractivity contribution in [1.82, 2.24) is 4.72 Å². The maximum absolute atomic E-state index is 12.4. The maximum atomic E-state index is 12.4. The SMILES string of the molecule is CC(C)c1cccc(S(=O)(=O)NCC(N)c2ccccc2)c1.Cl. The predicted octanol–water partition coefficient (Wildman–Crippen LogP) is 3.21. The van der Waals surface area contributed by atoms with Crippen molar-refractivity contribution in [1.29, 1.82) is 0 Å². The molecule has 0 spiro atoms. The van der Waals surface area contributed by atoms with Crippen molar-refractivity contribution in [3.63, 3.8) is 0 Å². The Hall–Kier alpha value is -1.40. The average Bonchev–Trinajstić information content (AvgIpc) is 2.53. The van der Waals surface area contributed by atoms with Crippen LogP contribution in [-0.4, -0.2) is 15.0 Å². The Balaban J connectivity index is 0.00000264. The highest BCUT2D eigenvalue weighted by Crippen LogP contribution is 2.19. The van der Waals surface area contributed by atoms with E-state index >= 15 is 0 Å². The molecule has 4 nitrogen and oxygen atoms in total. The number of hydrogen-bond donors (Lipinski definition) is 2. The summed E-state index contributed by atoms with van der Waals surface area (Å²) in [5.74, 6) is 0.279. The van der Waals surface area contributed by atoms with Crippen LogP contribution in [0.25, 0.3) is 0 Å². The summed E-state index contributed by atoms with van der Waals surface area (Å²) in [6.07, 6.45) is 0. The molecule has 2 aromatic carbocycles. The Kier molecular flexibility index (Phi) is 7.22. The fourth-order valence-electron chi connectivity index (χ4n) is 2.14. The van der Waals surface area contributed by atoms with E-state index in [4.69, 9.17) is 5.73 Å². The Labute approximate surface area is 144 Å². The van der Waals surface area contributed by atoms with Gasteiger partial charge in [0.15, 0.2) is 0 Å². The second-order valence-electron chi connectivity index (χ2n) is 5.60. The molecule has 0 heterocycles. The van der Waals surface area contributed by atoms with Crippen LogP contribution in [0.4, 0.5) is 0 Å². The lowest BCUT2D eigenvalue weighted by Gasteiger charge is -2.14. The van der Waals surface area contributed by atoms with Crippen molar-refractivity contribution < 1.29 is 8.42 Å². The highest BCUT2D eigenvalue weighted by atomic mass is 35.5. The fraction of sp³-hybridized carbons (Fsp3) is 0.294. The molecular weight excluding hydrogens is 332 g/mol. The standard InChI is InChI=1S/C17H22N2O2S.ClH/c1-13(2)15-9-6-10-16(11-15)22(20,21)19-12-17(18)14-7-4-3-5-8-14;/h3-11,13,17,19H,12,18H2,1-2H3;1H. The number of nitrogens with two attached hydrogens (primary N) is 1. The summed E-state index contributed by atoms with van der Waals surface area (Å²) in [6.45, 7) is 4.23. The Morgan fingerprint density at radius 2 is 1.61 bits per heavy atom. The average molecular weight is 355 g/mol. The molecule has 0 fully saturated rings. The molecule has 6 heteroatoms. The summed E-state index contributed by atoms with van der Waals surface area (Å²) in [5, 5.41) is 0. The lowest BCUT2D eigenvalue weighted by molar-refractivity contribution is 0.572. The molecule has 0 amide bonds. The monoisotopic (exact) mass is 354 g/mol. The molecule has 3 N–H and O–H groups in total. The number of benzene rings is 2. The molecule has 23 heavy (non-hydrogen) atoms. The van der Waals surface area contributed by atoms with Crippen LogP contribution in [0.5, 0.6) is 0 Å². The minimum atomic E-state index is -3.55. The van der Waals surface area contributed by atoms with Crippen molar-refractivity contribution in [2.75, 3.05) is 6.54 Å². The van der Waals surface area contributed by atoms with Gasteiger partial charge in [-0.3, -0.25) is 0 Å². The molecule has 0 saturated heterocycles. The smallest absolute Gasteiger partial charge is 0.240 e. The van der Waals surface area contributed by atoms with E-state index in [0.29, 0.717) is 0 Å². The number of halogens is 1. The highest BCUT2D eigenvalue weighted by Gasteiger charge is 2.16. The van der Waals surface area contributed by atoms with Gasteiger partial charge in [0.2, 0.25) is 10.0 Å². The van der Waals surface area contributed by atoms with E-state index in [9.17, 15) is 8.42 Å². The molecule has 0 aliphatic heterocycles. The van der Waals surface area contributed by atoms with Crippen LogP contribution in [0.1, 0.15) is 36.9 Å². The van der Waals surface area contributed by atoms with E-state index < -0.39 is 10.0 Å². The minimum absolute atomic E-state index is 0. The van der Waals surface area contributed by atoms with Crippen LogP contribution >= 0.6 is 12.4 Å². The molecule has 0 aliphatic carbocycles. The second-order valence-corrected chi connectivity index (χ2v) is 7.36. The largest absolute Gasteiger partial charge is 0.323 e. The lowest BCUT2D eigenvalue weighted by atomic mass is 10.0. The van der Waals surface area contributed by atoms with Gasteiger partial charge in [-0.25, -0.2) is 13.1 Å². The molecule has 2 aromatic rings. The summed E-state index contributed by atoms with van der Waals surface area (Å²) in [7, 11) is -3.55. The molecule has 0 aliphatic rings. The van der Waals surface area contributed by atoms with E-state index in [0.717, 1.165) is 11.1 Å². The molecule has 0 aromatic heterocycles. The molecular formula is C17H23ClN2O2S. The van der Waals surface area contributed by atoms with Crippen molar-refractivity contribution in [2.45, 2.75) is 30.7 Å². The van der Waals surface area contributed by atoms with Gasteiger partial charge in [-0.15, -0.1) is 12.4 Å². The summed E-state index contributed by atoms with van der Waals surface area (Å²) in [4.78, 5) is 0.277. The van der Waals surface area contributed by atoms with Crippen molar-refractivity contribution >= 4 is 22.4 Å². The minimum Gasteiger partial charge on any atom is -0.323 e. The van der Waals surface area contributed by atoms with Gasteiger partial charge in [0.25, 0.3) is 0 Å². The van der Waals surface area contributed by atoms with E-state index in [1.54, 1.807) is 18.2 Å². The Bertz CT molecular complexity index is 718. The van der Waals surface area contributed by atoms with Gasteiger partial charge < -0.3 is 5.73 Å². The third-order valence-corrected chi connectivity index (χ3v) is 4.98. The number of sulfonamides is 1. The second kappa shape index (κ2) is 8.45. The zero-order chi connectivity index (χ0) is 16.2. The zero-order valence-electron chi connectivity index (χ0n) is 13.3. The quantitative estimate of drug-likeness (QED) is 0.836. The molecule has 2 rings (SSSR count). The molecule has 0 bridgehead atoms. The lowest BCUT2D eigenvalue weighted by Crippen LogP contribution is -2.32. The van der Waals surface area contributed by atoms with E-state index in [1.807, 2.05) is 50.2 Å². The summed E-state index contributed by atoms with van der Waals surface area (Å²) < 4.78 is 27.3. The Morgan fingerprint density at radius 1 is 1.00 bits per heavy atom. The molecule has 126 valence electrons. The summed E-state index contributed by atoms with van der Waals surface area (Å²) in [5.41, 5.74) is 7.93. The van der Waals surface area contributed by atoms with Crippen LogP contribution in [0.3, 0.4) is 0 Å². The molecule has 0 radical (unpaired) electrons. The zero-order valence-corrected chi connectivity index (χ0v) is 14.9. The van der Waals surface area contributed by atoms with Gasteiger partial charge in [0.1, 0.15) is 0 Å². The van der Waals surface area contributed by atoms with Gasteiger partial charge >= 0.3 is 0 Å². The van der Waals surface area contributed by atoms with Crippen LogP contribution in [-0.2, 0) is 10.0 Å². The van der Waals surface area contributed by atoms with Crippen molar-refractivity contribution in [3.05, 3.63) is 65.7 Å². The summed E-state index contributed by atoms with van der Waals surface area (Å²) >= 11 is 0. The topological polar surface area (TPSA) is 72.2 Å². The fourth-order valence-corrected chi connectivity index (χ4v) is 3.26. The number of hydrogen-bond acceptors (Lipinski definition) is 3. The van der Waals surface area contributed by atoms with Crippen molar-refractivity contribution in [3.8, 4) is 0 Å². The molecule has 1 atom stereocenters. The number of rotatable bonds is 6. The van der Waals surface area contributed by atoms with Crippen molar-refractivity contribution in [2.24, 2.45) is 5.73 Å². The Morgan fingerprint density at radius 3 is 2.22 bits per heavy atom. The third-order valence-electron chi connectivity index (χ3n) is 3.56. The van der Waals surface area contributed by atoms with E-state index in [-0.39, 0.29) is 35.8 Å². The number of nitrogens with one attached hydrogen (secondary N) is 1. The third kappa shape index (κ3) is 5.32. The van der Waals surface area contributed by atoms with Gasteiger partial charge in [-0.05, 0) is 29.2 Å². The van der Waals surface area contributed by atoms with E-state index in [2.05, 4.69) is 4.72 Å². The summed E-state index contributed by atoms with van der Waals surface area (Å²) in [6, 6.07) is 16.1. The normalized spacial score (nSPS) is 12.7. The van der Waals surface area contributed by atoms with Gasteiger partial charge in [0.05, 0.1) is 4.90 Å². The van der Waals surface area contributed by atoms with Gasteiger partial charge in [0, 0.05) is 12.6 Å². The van der Waals surface area contributed by atoms with Crippen LogP contribution in [0, 0.1) is 0 Å². The van der Waals surface area contributed by atoms with Crippen LogP contribution in [0.2, 0.25) is 0 Å². The van der Waals surface area contributed by atoms with E-state index in [1.165, 1.54) is 0 Å². The first-order chi connectivity index (χ1) is 10.4. The molecule has 0 saturated carbocycles. The van der Waals surface area contributed by atoms with Gasteiger partial charge in [-0.1, -0.05) is 56.3 Å². The van der Waals surface area contributed by atoms with Gasteiger partial charge in [-0.2, -0.15) is 0 Å². The van der Waals surface area contributed by atoms with Crippen LogP contribution < -0.4 is 10.5 Å².